The number of benzene rings is 3. The molecular weight excluding hydrogens is 602 g/mol. The molecule has 0 unspecified atom stereocenters. The molecule has 0 radical (unpaired) electrons. The number of H-pyrrole nitrogens is 1. The predicted molar refractivity (Wildman–Crippen MR) is 164 cm³/mol. The van der Waals surface area contributed by atoms with Crippen molar-refractivity contribution in [3.63, 3.8) is 0 Å². The summed E-state index contributed by atoms with van der Waals surface area (Å²) in [6.07, 6.45) is 1.18. The van der Waals surface area contributed by atoms with Crippen molar-refractivity contribution >= 4 is 54.9 Å². The highest BCUT2D eigenvalue weighted by atomic mass is 79.9. The fourth-order valence-electron chi connectivity index (χ4n) is 5.09. The van der Waals surface area contributed by atoms with Crippen LogP contribution in [0.5, 0.6) is 0 Å². The van der Waals surface area contributed by atoms with Gasteiger partial charge in [0.05, 0.1) is 17.0 Å². The molecule has 1 aliphatic heterocycles. The zero-order valence-corrected chi connectivity index (χ0v) is 24.9. The van der Waals surface area contributed by atoms with Crippen LogP contribution in [0.3, 0.4) is 0 Å². The van der Waals surface area contributed by atoms with Crippen LogP contribution in [0.1, 0.15) is 31.4 Å². The summed E-state index contributed by atoms with van der Waals surface area (Å²) in [6, 6.07) is 21.5. The van der Waals surface area contributed by atoms with Gasteiger partial charge in [0.1, 0.15) is 6.04 Å². The monoisotopic (exact) mass is 629 g/mol. The molecule has 41 heavy (non-hydrogen) atoms. The Morgan fingerprint density at radius 3 is 2.66 bits per heavy atom. The number of para-hydroxylation sites is 1. The molecule has 5 aromatic rings. The smallest absolute Gasteiger partial charge is 0.249 e. The lowest BCUT2D eigenvalue weighted by molar-refractivity contribution is -0.130. The van der Waals surface area contributed by atoms with E-state index in [0.717, 1.165) is 47.4 Å². The molecule has 4 N–H and O–H groups in total. The van der Waals surface area contributed by atoms with Gasteiger partial charge in [-0.3, -0.25) is 9.59 Å². The standard InChI is InChI=1S/C30H28BrN7O2S/c1-30(2,32)29(40)33-22-13-12-18-7-3-6-10-23(18)38(28(22)39)16-17-11-14-24-21(15-17)25(31)26(41-24)19-8-4-5-9-20(19)27-34-36-37-35-27/h3-11,14-15,22H,12-13,16,32H2,1-2H3,(H,33,40)(H,34,35,36,37)/t22-/m1/s1. The van der Waals surface area contributed by atoms with E-state index in [2.05, 4.69) is 66.1 Å². The Hall–Kier alpha value is -3.93. The first-order valence-corrected chi connectivity index (χ1v) is 14.8. The lowest BCUT2D eigenvalue weighted by Crippen LogP contribution is -2.56. The molecule has 3 heterocycles. The third-order valence-corrected chi connectivity index (χ3v) is 9.53. The Morgan fingerprint density at radius 2 is 1.90 bits per heavy atom. The Labute approximate surface area is 249 Å². The number of thiophene rings is 1. The molecule has 1 atom stereocenters. The van der Waals surface area contributed by atoms with Gasteiger partial charge in [0, 0.05) is 31.4 Å². The molecule has 1 aliphatic rings. The lowest BCUT2D eigenvalue weighted by atomic mass is 10.0. The molecule has 3 aromatic carbocycles. The Balaban J connectivity index is 1.36. The largest absolute Gasteiger partial charge is 0.343 e. The van der Waals surface area contributed by atoms with Crippen LogP contribution in [-0.4, -0.2) is 44.0 Å². The fourth-order valence-corrected chi connectivity index (χ4v) is 7.12. The molecule has 0 aliphatic carbocycles. The second-order valence-electron chi connectivity index (χ2n) is 10.7. The van der Waals surface area contributed by atoms with E-state index in [0.29, 0.717) is 25.2 Å². The summed E-state index contributed by atoms with van der Waals surface area (Å²) in [5.74, 6) is 0.107. The van der Waals surface area contributed by atoms with Crippen molar-refractivity contribution in [2.75, 3.05) is 4.90 Å². The summed E-state index contributed by atoms with van der Waals surface area (Å²) in [5.41, 5.74) is 9.77. The van der Waals surface area contributed by atoms with Gasteiger partial charge in [0.25, 0.3) is 0 Å². The first-order chi connectivity index (χ1) is 19.7. The fraction of sp³-hybridized carbons (Fsp3) is 0.233. The molecule has 11 heteroatoms. The van der Waals surface area contributed by atoms with Gasteiger partial charge < -0.3 is 16.0 Å². The predicted octanol–water partition coefficient (Wildman–Crippen LogP) is 5.21. The van der Waals surface area contributed by atoms with Gasteiger partial charge in [0.2, 0.25) is 11.8 Å². The van der Waals surface area contributed by atoms with Crippen molar-refractivity contribution in [3.8, 4) is 21.8 Å². The zero-order chi connectivity index (χ0) is 28.7. The van der Waals surface area contributed by atoms with Crippen molar-refractivity contribution in [2.45, 2.75) is 44.8 Å². The van der Waals surface area contributed by atoms with Crippen LogP contribution in [0.2, 0.25) is 0 Å². The maximum atomic E-state index is 13.9. The Bertz CT molecular complexity index is 1760. The summed E-state index contributed by atoms with van der Waals surface area (Å²) < 4.78 is 2.08. The number of carbonyl (C=O) groups is 2. The molecule has 0 spiro atoms. The summed E-state index contributed by atoms with van der Waals surface area (Å²) in [6.45, 7) is 3.64. The number of nitrogens with one attached hydrogen (secondary N) is 2. The molecule has 0 fully saturated rings. The molecule has 2 amide bonds. The topological polar surface area (TPSA) is 130 Å². The second-order valence-corrected chi connectivity index (χ2v) is 12.6. The minimum Gasteiger partial charge on any atom is -0.343 e. The van der Waals surface area contributed by atoms with Gasteiger partial charge in [-0.2, -0.15) is 0 Å². The van der Waals surface area contributed by atoms with Crippen LogP contribution in [0.25, 0.3) is 31.9 Å². The van der Waals surface area contributed by atoms with Gasteiger partial charge in [-0.1, -0.05) is 48.5 Å². The van der Waals surface area contributed by atoms with Gasteiger partial charge in [-0.25, -0.2) is 5.10 Å². The minimum atomic E-state index is -1.08. The number of nitrogens with two attached hydrogens (primary N) is 1. The molecule has 2 aromatic heterocycles. The first-order valence-electron chi connectivity index (χ1n) is 13.2. The van der Waals surface area contributed by atoms with Crippen molar-refractivity contribution < 1.29 is 9.59 Å². The SMILES string of the molecule is CC(C)(N)C(=O)N[C@@H]1CCc2ccccc2N(Cc2ccc3sc(-c4ccccc4-c4nnn[nH]4)c(Br)c3c2)C1=O. The van der Waals surface area contributed by atoms with Crippen molar-refractivity contribution in [2.24, 2.45) is 5.73 Å². The number of carbonyl (C=O) groups excluding carboxylic acids is 2. The number of nitrogens with zero attached hydrogens (tertiary/aromatic N) is 4. The van der Waals surface area contributed by atoms with Gasteiger partial charge in [-0.15, -0.1) is 16.4 Å². The van der Waals surface area contributed by atoms with E-state index < -0.39 is 11.6 Å². The van der Waals surface area contributed by atoms with Crippen molar-refractivity contribution in [1.82, 2.24) is 25.9 Å². The molecule has 208 valence electrons. The van der Waals surface area contributed by atoms with Crippen molar-refractivity contribution in [3.05, 3.63) is 82.3 Å². The van der Waals surface area contributed by atoms with Crippen LogP contribution in [0, 0.1) is 0 Å². The average Bonchev–Trinajstić information content (AvgIpc) is 3.59. The van der Waals surface area contributed by atoms with E-state index in [1.807, 2.05) is 42.5 Å². The summed E-state index contributed by atoms with van der Waals surface area (Å²) in [5, 5.41) is 18.4. The minimum absolute atomic E-state index is 0.146. The number of amides is 2. The molecule has 0 bridgehead atoms. The summed E-state index contributed by atoms with van der Waals surface area (Å²) in [7, 11) is 0. The number of tetrazole rings is 1. The van der Waals surface area contributed by atoms with Crippen LogP contribution < -0.4 is 16.0 Å². The van der Waals surface area contributed by atoms with Crippen LogP contribution in [0.4, 0.5) is 5.69 Å². The second kappa shape index (κ2) is 10.8. The van der Waals surface area contributed by atoms with Gasteiger partial charge in [-0.05, 0) is 82.4 Å². The van der Waals surface area contributed by atoms with Crippen LogP contribution in [-0.2, 0) is 22.6 Å². The highest BCUT2D eigenvalue weighted by molar-refractivity contribution is 9.10. The Morgan fingerprint density at radius 1 is 1.15 bits per heavy atom. The quantitative estimate of drug-likeness (QED) is 0.236. The highest BCUT2D eigenvalue weighted by Crippen LogP contribution is 2.45. The summed E-state index contributed by atoms with van der Waals surface area (Å²) in [4.78, 5) is 29.4. The number of halogens is 1. The van der Waals surface area contributed by atoms with E-state index in [-0.39, 0.29) is 11.8 Å². The maximum absolute atomic E-state index is 13.9. The number of rotatable bonds is 6. The van der Waals surface area contributed by atoms with Crippen LogP contribution in [0.15, 0.2) is 71.2 Å². The molecule has 0 saturated carbocycles. The van der Waals surface area contributed by atoms with Gasteiger partial charge in [0.15, 0.2) is 5.82 Å². The number of aromatic nitrogens is 4. The van der Waals surface area contributed by atoms with E-state index in [1.54, 1.807) is 30.1 Å². The Kier molecular flexibility index (Phi) is 7.18. The average molecular weight is 631 g/mol. The number of hydrogen-bond acceptors (Lipinski definition) is 7. The number of aryl methyl sites for hydroxylation is 1. The highest BCUT2D eigenvalue weighted by Gasteiger charge is 2.34. The molecule has 6 rings (SSSR count). The third-order valence-electron chi connectivity index (χ3n) is 7.24. The van der Waals surface area contributed by atoms with E-state index in [9.17, 15) is 9.59 Å². The summed E-state index contributed by atoms with van der Waals surface area (Å²) >= 11 is 5.54. The van der Waals surface area contributed by atoms with E-state index >= 15 is 0 Å². The number of hydrogen-bond donors (Lipinski definition) is 3. The number of anilines is 1. The van der Waals surface area contributed by atoms with Crippen molar-refractivity contribution in [1.29, 1.82) is 0 Å². The van der Waals surface area contributed by atoms with E-state index in [4.69, 9.17) is 5.73 Å². The number of aromatic amines is 1. The molecule has 9 nitrogen and oxygen atoms in total. The lowest BCUT2D eigenvalue weighted by Gasteiger charge is -2.28. The van der Waals surface area contributed by atoms with E-state index in [1.165, 1.54) is 0 Å². The zero-order valence-electron chi connectivity index (χ0n) is 22.5. The van der Waals surface area contributed by atoms with Crippen LogP contribution >= 0.6 is 27.3 Å². The number of fused-ring (bicyclic) bond motifs is 2. The molecule has 0 saturated heterocycles. The van der Waals surface area contributed by atoms with Gasteiger partial charge >= 0.3 is 0 Å². The normalized spacial score (nSPS) is 15.6. The molecular formula is C30H28BrN7O2S. The third kappa shape index (κ3) is 5.28. The first kappa shape index (κ1) is 27.3. The maximum Gasteiger partial charge on any atom is 0.249 e.